The molecule has 116 valence electrons. The number of benzene rings is 1. The zero-order valence-corrected chi connectivity index (χ0v) is 14.1. The highest BCUT2D eigenvalue weighted by molar-refractivity contribution is 7.16. The van der Waals surface area contributed by atoms with Crippen LogP contribution in [0.5, 0.6) is 0 Å². The molecular formula is C14H19Cl2N3OS. The first-order valence-corrected chi connectivity index (χ1v) is 7.49. The van der Waals surface area contributed by atoms with Gasteiger partial charge in [-0.15, -0.1) is 36.2 Å². The molecule has 2 N–H and O–H groups in total. The van der Waals surface area contributed by atoms with Gasteiger partial charge in [0, 0.05) is 17.6 Å². The van der Waals surface area contributed by atoms with Crippen molar-refractivity contribution >= 4 is 52.3 Å². The van der Waals surface area contributed by atoms with Crippen molar-refractivity contribution in [2.75, 3.05) is 6.54 Å². The Kier molecular flexibility index (Phi) is 6.87. The molecule has 2 unspecified atom stereocenters. The fourth-order valence-electron chi connectivity index (χ4n) is 2.49. The van der Waals surface area contributed by atoms with Gasteiger partial charge in [0.25, 0.3) is 5.91 Å². The molecule has 1 aliphatic rings. The molecule has 0 radical (unpaired) electrons. The second-order valence-electron chi connectivity index (χ2n) is 5.00. The Bertz CT molecular complexity index is 605. The van der Waals surface area contributed by atoms with Gasteiger partial charge in [-0.2, -0.15) is 0 Å². The molecule has 1 aromatic heterocycles. The SMILES string of the molecule is CC1NCCCC1NC(=O)c1ccc2ncsc2c1.Cl.Cl. The van der Waals surface area contributed by atoms with Gasteiger partial charge in [0.05, 0.1) is 15.7 Å². The Balaban J connectivity index is 0.00000110. The summed E-state index contributed by atoms with van der Waals surface area (Å²) in [6.07, 6.45) is 2.16. The van der Waals surface area contributed by atoms with Crippen molar-refractivity contribution < 1.29 is 4.79 Å². The van der Waals surface area contributed by atoms with Crippen molar-refractivity contribution in [2.45, 2.75) is 31.8 Å². The minimum absolute atomic E-state index is 0. The predicted molar refractivity (Wildman–Crippen MR) is 92.1 cm³/mol. The Hall–Kier alpha value is -0.880. The molecule has 1 amide bonds. The molecule has 0 bridgehead atoms. The van der Waals surface area contributed by atoms with E-state index in [4.69, 9.17) is 0 Å². The number of thiazole rings is 1. The van der Waals surface area contributed by atoms with Crippen molar-refractivity contribution in [3.05, 3.63) is 29.3 Å². The van der Waals surface area contributed by atoms with E-state index in [-0.39, 0.29) is 36.8 Å². The minimum Gasteiger partial charge on any atom is -0.348 e. The third-order valence-corrected chi connectivity index (χ3v) is 4.46. The lowest BCUT2D eigenvalue weighted by Crippen LogP contribution is -2.51. The maximum atomic E-state index is 12.3. The van der Waals surface area contributed by atoms with Crippen molar-refractivity contribution in [3.8, 4) is 0 Å². The number of hydrogen-bond acceptors (Lipinski definition) is 4. The van der Waals surface area contributed by atoms with Gasteiger partial charge in [0.2, 0.25) is 0 Å². The molecule has 1 fully saturated rings. The van der Waals surface area contributed by atoms with Crippen molar-refractivity contribution in [1.29, 1.82) is 0 Å². The van der Waals surface area contributed by atoms with Crippen LogP contribution in [0.3, 0.4) is 0 Å². The van der Waals surface area contributed by atoms with E-state index < -0.39 is 0 Å². The normalized spacial score (nSPS) is 21.2. The molecule has 2 aromatic rings. The lowest BCUT2D eigenvalue weighted by molar-refractivity contribution is 0.0920. The number of fused-ring (bicyclic) bond motifs is 1. The van der Waals surface area contributed by atoms with Crippen LogP contribution in [0.15, 0.2) is 23.7 Å². The van der Waals surface area contributed by atoms with Crippen LogP contribution < -0.4 is 10.6 Å². The summed E-state index contributed by atoms with van der Waals surface area (Å²) in [5.41, 5.74) is 3.48. The average Bonchev–Trinajstić information content (AvgIpc) is 2.88. The Morgan fingerprint density at radius 1 is 1.43 bits per heavy atom. The molecule has 0 saturated carbocycles. The molecule has 0 spiro atoms. The first-order valence-electron chi connectivity index (χ1n) is 6.61. The molecule has 0 aliphatic carbocycles. The number of piperidine rings is 1. The average molecular weight is 348 g/mol. The van der Waals surface area contributed by atoms with Gasteiger partial charge in [-0.25, -0.2) is 4.98 Å². The smallest absolute Gasteiger partial charge is 0.251 e. The molecule has 2 heterocycles. The third kappa shape index (κ3) is 4.07. The summed E-state index contributed by atoms with van der Waals surface area (Å²) in [6.45, 7) is 3.16. The largest absolute Gasteiger partial charge is 0.348 e. The number of nitrogens with one attached hydrogen (secondary N) is 2. The fourth-order valence-corrected chi connectivity index (χ4v) is 3.21. The van der Waals surface area contributed by atoms with E-state index in [0.29, 0.717) is 6.04 Å². The van der Waals surface area contributed by atoms with E-state index in [1.54, 1.807) is 16.8 Å². The first kappa shape index (κ1) is 18.2. The number of carbonyl (C=O) groups excluding carboxylic acids is 1. The summed E-state index contributed by atoms with van der Waals surface area (Å²) < 4.78 is 1.06. The molecule has 3 rings (SSSR count). The lowest BCUT2D eigenvalue weighted by Gasteiger charge is -2.30. The standard InChI is InChI=1S/C14H17N3OS.2ClH/c1-9-11(3-2-6-15-9)17-14(18)10-4-5-12-13(7-10)19-8-16-12;;/h4-5,7-9,11,15H,2-3,6H2,1H3,(H,17,18);2*1H. The van der Waals surface area contributed by atoms with Crippen LogP contribution in [0.4, 0.5) is 0 Å². The number of aromatic nitrogens is 1. The van der Waals surface area contributed by atoms with Crippen LogP contribution in [-0.4, -0.2) is 29.5 Å². The monoisotopic (exact) mass is 347 g/mol. The van der Waals surface area contributed by atoms with E-state index in [2.05, 4.69) is 22.5 Å². The summed E-state index contributed by atoms with van der Waals surface area (Å²) in [5.74, 6) is 0.0100. The molecule has 1 saturated heterocycles. The number of halogens is 2. The van der Waals surface area contributed by atoms with Gasteiger partial charge in [0.1, 0.15) is 0 Å². The van der Waals surface area contributed by atoms with Gasteiger partial charge in [0.15, 0.2) is 0 Å². The highest BCUT2D eigenvalue weighted by Gasteiger charge is 2.22. The van der Waals surface area contributed by atoms with Crippen molar-refractivity contribution in [1.82, 2.24) is 15.6 Å². The van der Waals surface area contributed by atoms with Gasteiger partial charge >= 0.3 is 0 Å². The van der Waals surface area contributed by atoms with Crippen LogP contribution in [0.2, 0.25) is 0 Å². The number of hydrogen-bond donors (Lipinski definition) is 2. The van der Waals surface area contributed by atoms with Crippen LogP contribution >= 0.6 is 36.2 Å². The number of rotatable bonds is 2. The lowest BCUT2D eigenvalue weighted by atomic mass is 9.99. The molecular weight excluding hydrogens is 329 g/mol. The minimum atomic E-state index is 0. The van der Waals surface area contributed by atoms with E-state index in [1.165, 1.54) is 0 Å². The van der Waals surface area contributed by atoms with E-state index in [9.17, 15) is 4.79 Å². The summed E-state index contributed by atoms with van der Waals surface area (Å²) in [5, 5.41) is 6.52. The van der Waals surface area contributed by atoms with Gasteiger partial charge in [-0.05, 0) is 44.5 Å². The van der Waals surface area contributed by atoms with Crippen LogP contribution in [0.1, 0.15) is 30.1 Å². The predicted octanol–water partition coefficient (Wildman–Crippen LogP) is 3.01. The number of amides is 1. The van der Waals surface area contributed by atoms with E-state index in [0.717, 1.165) is 35.2 Å². The quantitative estimate of drug-likeness (QED) is 0.877. The highest BCUT2D eigenvalue weighted by Crippen LogP contribution is 2.19. The first-order chi connectivity index (χ1) is 9.24. The Morgan fingerprint density at radius 3 is 3.00 bits per heavy atom. The zero-order chi connectivity index (χ0) is 13.2. The maximum Gasteiger partial charge on any atom is 0.251 e. The Morgan fingerprint density at radius 2 is 2.24 bits per heavy atom. The van der Waals surface area contributed by atoms with Crippen molar-refractivity contribution in [3.63, 3.8) is 0 Å². The van der Waals surface area contributed by atoms with Crippen LogP contribution in [0.25, 0.3) is 10.2 Å². The molecule has 21 heavy (non-hydrogen) atoms. The molecule has 2 atom stereocenters. The summed E-state index contributed by atoms with van der Waals surface area (Å²) in [7, 11) is 0. The van der Waals surface area contributed by atoms with E-state index in [1.807, 2.05) is 18.2 Å². The van der Waals surface area contributed by atoms with Gasteiger partial charge in [-0.3, -0.25) is 4.79 Å². The van der Waals surface area contributed by atoms with Gasteiger partial charge < -0.3 is 10.6 Å². The van der Waals surface area contributed by atoms with Gasteiger partial charge in [-0.1, -0.05) is 0 Å². The summed E-state index contributed by atoms with van der Waals surface area (Å²) >= 11 is 1.56. The third-order valence-electron chi connectivity index (χ3n) is 3.67. The van der Waals surface area contributed by atoms with Crippen LogP contribution in [0, 0.1) is 0 Å². The van der Waals surface area contributed by atoms with Crippen molar-refractivity contribution in [2.24, 2.45) is 0 Å². The molecule has 4 nitrogen and oxygen atoms in total. The maximum absolute atomic E-state index is 12.3. The summed E-state index contributed by atoms with van der Waals surface area (Å²) in [4.78, 5) is 16.5. The molecule has 1 aliphatic heterocycles. The van der Waals surface area contributed by atoms with Crippen LogP contribution in [-0.2, 0) is 0 Å². The summed E-state index contributed by atoms with van der Waals surface area (Å²) in [6, 6.07) is 6.23. The second kappa shape index (κ2) is 7.94. The highest BCUT2D eigenvalue weighted by atomic mass is 35.5. The fraction of sp³-hybridized carbons (Fsp3) is 0.429. The molecule has 7 heteroatoms. The number of nitrogens with zero attached hydrogens (tertiary/aromatic N) is 1. The second-order valence-corrected chi connectivity index (χ2v) is 5.89. The van der Waals surface area contributed by atoms with E-state index >= 15 is 0 Å². The zero-order valence-electron chi connectivity index (χ0n) is 11.7. The number of carbonyl (C=O) groups is 1. The molecule has 1 aromatic carbocycles. The topological polar surface area (TPSA) is 54.0 Å². The Labute approximate surface area is 140 Å².